The molecule has 2 aromatic rings. The van der Waals surface area contributed by atoms with Crippen LogP contribution in [0.25, 0.3) is 0 Å². The van der Waals surface area contributed by atoms with Crippen LogP contribution in [0.2, 0.25) is 0 Å². The lowest BCUT2D eigenvalue weighted by atomic mass is 10.2. The summed E-state index contributed by atoms with van der Waals surface area (Å²) >= 11 is 0. The molecule has 3 N–H and O–H groups in total. The number of hydrogen-bond acceptors (Lipinski definition) is 4. The Balaban J connectivity index is 2.18. The van der Waals surface area contributed by atoms with Gasteiger partial charge in [0.15, 0.2) is 0 Å². The van der Waals surface area contributed by atoms with Crippen LogP contribution in [0.1, 0.15) is 31.1 Å². The van der Waals surface area contributed by atoms with Crippen LogP contribution in [0, 0.1) is 6.92 Å². The summed E-state index contributed by atoms with van der Waals surface area (Å²) in [5.41, 5.74) is 8.79. The van der Waals surface area contributed by atoms with Gasteiger partial charge in [-0.05, 0) is 38.5 Å². The van der Waals surface area contributed by atoms with Crippen molar-refractivity contribution < 1.29 is 4.74 Å². The van der Waals surface area contributed by atoms with Gasteiger partial charge in [0.2, 0.25) is 0 Å². The van der Waals surface area contributed by atoms with E-state index >= 15 is 0 Å². The summed E-state index contributed by atoms with van der Waals surface area (Å²) in [6, 6.07) is 8.23. The predicted octanol–water partition coefficient (Wildman–Crippen LogP) is 2.98. The maximum Gasteiger partial charge on any atom is 0.148 e. The highest BCUT2D eigenvalue weighted by Crippen LogP contribution is 2.26. The number of anilines is 2. The predicted molar refractivity (Wildman–Crippen MR) is 82.1 cm³/mol. The zero-order valence-corrected chi connectivity index (χ0v) is 12.5. The number of ether oxygens (including phenoxy) is 1. The molecule has 0 atom stereocenters. The van der Waals surface area contributed by atoms with Gasteiger partial charge in [-0.1, -0.05) is 12.1 Å². The number of nitrogen functional groups attached to an aromatic ring is 1. The van der Waals surface area contributed by atoms with Crippen molar-refractivity contribution in [2.24, 2.45) is 0 Å². The van der Waals surface area contributed by atoms with Crippen LogP contribution in [-0.4, -0.2) is 16.9 Å². The molecule has 0 aliphatic carbocycles. The second-order valence-corrected chi connectivity index (χ2v) is 5.09. The molecular formula is C15H22N4O. The zero-order valence-electron chi connectivity index (χ0n) is 12.5. The van der Waals surface area contributed by atoms with Crippen molar-refractivity contribution in [3.8, 4) is 5.75 Å². The van der Waals surface area contributed by atoms with Crippen LogP contribution in [-0.2, 0) is 6.54 Å². The van der Waals surface area contributed by atoms with Crippen molar-refractivity contribution in [3.63, 3.8) is 0 Å². The SMILES string of the molecule is COc1cccc(CNc2c(N)c(C)nn2C(C)C)c1. The highest BCUT2D eigenvalue weighted by Gasteiger charge is 2.14. The van der Waals surface area contributed by atoms with Gasteiger partial charge in [-0.15, -0.1) is 0 Å². The highest BCUT2D eigenvalue weighted by molar-refractivity contribution is 5.65. The Bertz CT molecular complexity index is 590. The molecule has 0 unspecified atom stereocenters. The van der Waals surface area contributed by atoms with Crippen molar-refractivity contribution in [1.82, 2.24) is 9.78 Å². The minimum atomic E-state index is 0.263. The van der Waals surface area contributed by atoms with Gasteiger partial charge in [0.05, 0.1) is 18.5 Å². The molecule has 0 amide bonds. The summed E-state index contributed by atoms with van der Waals surface area (Å²) in [4.78, 5) is 0. The molecule has 5 heteroatoms. The second kappa shape index (κ2) is 5.86. The van der Waals surface area contributed by atoms with E-state index in [-0.39, 0.29) is 6.04 Å². The number of nitrogens with zero attached hydrogens (tertiary/aromatic N) is 2. The first kappa shape index (κ1) is 14.2. The molecule has 0 aliphatic heterocycles. The van der Waals surface area contributed by atoms with E-state index in [0.29, 0.717) is 12.2 Å². The fourth-order valence-electron chi connectivity index (χ4n) is 2.08. The smallest absolute Gasteiger partial charge is 0.148 e. The zero-order chi connectivity index (χ0) is 14.7. The van der Waals surface area contributed by atoms with E-state index in [1.54, 1.807) is 7.11 Å². The van der Waals surface area contributed by atoms with Crippen LogP contribution in [0.5, 0.6) is 5.75 Å². The summed E-state index contributed by atoms with van der Waals surface area (Å²) in [5.74, 6) is 1.73. The number of aromatic nitrogens is 2. The lowest BCUT2D eigenvalue weighted by Gasteiger charge is -2.13. The fraction of sp³-hybridized carbons (Fsp3) is 0.400. The van der Waals surface area contributed by atoms with Crippen molar-refractivity contribution in [2.75, 3.05) is 18.2 Å². The number of hydrogen-bond donors (Lipinski definition) is 2. The van der Waals surface area contributed by atoms with E-state index in [9.17, 15) is 0 Å². The Labute approximate surface area is 119 Å². The van der Waals surface area contributed by atoms with Gasteiger partial charge in [0.25, 0.3) is 0 Å². The molecule has 0 saturated carbocycles. The first-order chi connectivity index (χ1) is 9.52. The second-order valence-electron chi connectivity index (χ2n) is 5.09. The van der Waals surface area contributed by atoms with Gasteiger partial charge in [-0.25, -0.2) is 4.68 Å². The molecule has 0 saturated heterocycles. The molecule has 0 aliphatic rings. The number of nitrogens with one attached hydrogen (secondary N) is 1. The van der Waals surface area contributed by atoms with Crippen molar-refractivity contribution in [1.29, 1.82) is 0 Å². The van der Waals surface area contributed by atoms with Gasteiger partial charge in [0, 0.05) is 12.6 Å². The molecule has 0 spiro atoms. The number of rotatable bonds is 5. The van der Waals surface area contributed by atoms with Gasteiger partial charge in [-0.2, -0.15) is 5.10 Å². The van der Waals surface area contributed by atoms with E-state index in [2.05, 4.69) is 30.3 Å². The molecule has 0 fully saturated rings. The van der Waals surface area contributed by atoms with Crippen LogP contribution in [0.15, 0.2) is 24.3 Å². The van der Waals surface area contributed by atoms with Crippen LogP contribution >= 0.6 is 0 Å². The van der Waals surface area contributed by atoms with E-state index in [0.717, 1.165) is 22.8 Å². The number of aryl methyl sites for hydroxylation is 1. The van der Waals surface area contributed by atoms with Crippen LogP contribution in [0.3, 0.4) is 0 Å². The van der Waals surface area contributed by atoms with Gasteiger partial charge in [0.1, 0.15) is 11.6 Å². The molecule has 108 valence electrons. The molecule has 0 bridgehead atoms. The summed E-state index contributed by atoms with van der Waals surface area (Å²) in [5, 5.41) is 7.83. The van der Waals surface area contributed by atoms with E-state index in [1.807, 2.05) is 29.8 Å². The Morgan fingerprint density at radius 3 is 2.80 bits per heavy atom. The third-order valence-corrected chi connectivity index (χ3v) is 3.21. The summed E-state index contributed by atoms with van der Waals surface area (Å²) in [6.45, 7) is 6.77. The van der Waals surface area contributed by atoms with E-state index in [1.165, 1.54) is 0 Å². The number of methoxy groups -OCH3 is 1. The Morgan fingerprint density at radius 2 is 2.15 bits per heavy atom. The topological polar surface area (TPSA) is 65.1 Å². The Hall–Kier alpha value is -2.17. The highest BCUT2D eigenvalue weighted by atomic mass is 16.5. The normalized spacial score (nSPS) is 10.8. The van der Waals surface area contributed by atoms with Gasteiger partial charge in [-0.3, -0.25) is 0 Å². The maximum atomic E-state index is 6.09. The third-order valence-electron chi connectivity index (χ3n) is 3.21. The summed E-state index contributed by atoms with van der Waals surface area (Å²) in [7, 11) is 1.67. The Kier molecular flexibility index (Phi) is 4.17. The first-order valence-electron chi connectivity index (χ1n) is 6.74. The third kappa shape index (κ3) is 2.87. The monoisotopic (exact) mass is 274 g/mol. The molecule has 20 heavy (non-hydrogen) atoms. The molecule has 0 radical (unpaired) electrons. The van der Waals surface area contributed by atoms with E-state index in [4.69, 9.17) is 10.5 Å². The average Bonchev–Trinajstić information content (AvgIpc) is 2.73. The van der Waals surface area contributed by atoms with Crippen molar-refractivity contribution >= 4 is 11.5 Å². The standard InChI is InChI=1S/C15H22N4O/c1-10(2)19-15(14(16)11(3)18-19)17-9-12-6-5-7-13(8-12)20-4/h5-8,10,17H,9,16H2,1-4H3. The van der Waals surface area contributed by atoms with Crippen molar-refractivity contribution in [2.45, 2.75) is 33.4 Å². The maximum absolute atomic E-state index is 6.09. The van der Waals surface area contributed by atoms with Gasteiger partial charge >= 0.3 is 0 Å². The molecule has 1 heterocycles. The molecule has 5 nitrogen and oxygen atoms in total. The molecule has 2 rings (SSSR count). The minimum Gasteiger partial charge on any atom is -0.497 e. The largest absolute Gasteiger partial charge is 0.497 e. The fourth-order valence-corrected chi connectivity index (χ4v) is 2.08. The lowest BCUT2D eigenvalue weighted by molar-refractivity contribution is 0.414. The van der Waals surface area contributed by atoms with Crippen LogP contribution in [0.4, 0.5) is 11.5 Å². The molecular weight excluding hydrogens is 252 g/mol. The lowest BCUT2D eigenvalue weighted by Crippen LogP contribution is -2.11. The summed E-state index contributed by atoms with van der Waals surface area (Å²) < 4.78 is 7.15. The first-order valence-corrected chi connectivity index (χ1v) is 6.74. The van der Waals surface area contributed by atoms with Gasteiger partial charge < -0.3 is 15.8 Å². The Morgan fingerprint density at radius 1 is 1.40 bits per heavy atom. The van der Waals surface area contributed by atoms with E-state index < -0.39 is 0 Å². The minimum absolute atomic E-state index is 0.263. The average molecular weight is 274 g/mol. The quantitative estimate of drug-likeness (QED) is 0.879. The number of benzene rings is 1. The summed E-state index contributed by atoms with van der Waals surface area (Å²) in [6.07, 6.45) is 0. The molecule has 1 aromatic heterocycles. The van der Waals surface area contributed by atoms with Crippen LogP contribution < -0.4 is 15.8 Å². The van der Waals surface area contributed by atoms with Crippen molar-refractivity contribution in [3.05, 3.63) is 35.5 Å². The molecule has 1 aromatic carbocycles. The number of nitrogens with two attached hydrogens (primary N) is 1.